The minimum atomic E-state index is 0.357. The fourth-order valence-electron chi connectivity index (χ4n) is 1.76. The molecule has 0 spiro atoms. The maximum atomic E-state index is 2.37. The van der Waals surface area contributed by atoms with E-state index in [0.717, 1.165) is 0 Å². The Labute approximate surface area is 92.9 Å². The minimum Gasteiger partial charge on any atom is -0.105 e. The lowest BCUT2D eigenvalue weighted by Crippen LogP contribution is -2.44. The molecule has 0 bridgehead atoms. The van der Waals surface area contributed by atoms with Gasteiger partial charge in [-0.25, -0.2) is 0 Å². The highest BCUT2D eigenvalue weighted by Gasteiger charge is 2.35. The second kappa shape index (κ2) is 4.02. The van der Waals surface area contributed by atoms with Crippen LogP contribution in [0.5, 0.6) is 0 Å². The molecule has 4 heteroatoms. The fourth-order valence-corrected chi connectivity index (χ4v) is 1.76. The first-order valence-corrected chi connectivity index (χ1v) is 5.58. The van der Waals surface area contributed by atoms with Gasteiger partial charge in [-0.15, -0.1) is 11.4 Å². The molecule has 1 fully saturated rings. The summed E-state index contributed by atoms with van der Waals surface area (Å²) in [7, 11) is 9.48. The second-order valence-corrected chi connectivity index (χ2v) is 6.55. The van der Waals surface area contributed by atoms with E-state index in [4.69, 9.17) is 0 Å². The lowest BCUT2D eigenvalue weighted by molar-refractivity contribution is 0.431. The van der Waals surface area contributed by atoms with Gasteiger partial charge < -0.3 is 0 Å². The van der Waals surface area contributed by atoms with Gasteiger partial charge in [0.2, 0.25) is 0 Å². The second-order valence-electron chi connectivity index (χ2n) is 6.55. The summed E-state index contributed by atoms with van der Waals surface area (Å²) in [5, 5.41) is 0. The van der Waals surface area contributed by atoms with Crippen molar-refractivity contribution in [1.29, 1.82) is 0 Å². The van der Waals surface area contributed by atoms with Crippen LogP contribution in [-0.4, -0.2) is 28.7 Å². The van der Waals surface area contributed by atoms with Crippen LogP contribution < -0.4 is 0 Å². The summed E-state index contributed by atoms with van der Waals surface area (Å²) < 4.78 is 0. The van der Waals surface area contributed by atoms with E-state index in [-0.39, 0.29) is 0 Å². The molecule has 0 N–H and O–H groups in total. The highest BCUT2D eigenvalue weighted by Crippen LogP contribution is 2.37. The molecule has 1 aliphatic rings. The predicted octanol–water partition coefficient (Wildman–Crippen LogP) is 2.23. The van der Waals surface area contributed by atoms with E-state index in [1.165, 1.54) is 0 Å². The Hall–Kier alpha value is 0.260. The maximum Gasteiger partial charge on any atom is 0.0582 e. The SMILES string of the molecule is CC(C)(C)C1[B][B]C(C(C)(C)C)[B][B]1. The first-order chi connectivity index (χ1) is 6.21. The third kappa shape index (κ3) is 3.14. The van der Waals surface area contributed by atoms with Crippen molar-refractivity contribution in [3.05, 3.63) is 0 Å². The van der Waals surface area contributed by atoms with Crippen LogP contribution in [0.1, 0.15) is 41.5 Å². The molecule has 1 rings (SSSR count). The summed E-state index contributed by atoms with van der Waals surface area (Å²) in [6.07, 6.45) is 0. The molecule has 1 heterocycles. The monoisotopic (exact) mass is 184 g/mol. The Balaban J connectivity index is 2.47. The highest BCUT2D eigenvalue weighted by molar-refractivity contribution is 7.22. The molecule has 0 aromatic carbocycles. The molecule has 0 unspecified atom stereocenters. The molecule has 1 saturated heterocycles. The molecule has 0 saturated carbocycles. The van der Waals surface area contributed by atoms with Crippen LogP contribution >= 0.6 is 0 Å². The summed E-state index contributed by atoms with van der Waals surface area (Å²) >= 11 is 0. The van der Waals surface area contributed by atoms with E-state index >= 15 is 0 Å². The number of hydrogen-bond donors (Lipinski definition) is 0. The van der Waals surface area contributed by atoms with Gasteiger partial charge in [0.25, 0.3) is 0 Å². The van der Waals surface area contributed by atoms with Gasteiger partial charge in [0.05, 0.1) is 28.7 Å². The minimum absolute atomic E-state index is 0.357. The summed E-state index contributed by atoms with van der Waals surface area (Å²) in [5.74, 6) is 0. The van der Waals surface area contributed by atoms with E-state index in [1.807, 2.05) is 0 Å². The quantitative estimate of drug-likeness (QED) is 0.505. The van der Waals surface area contributed by atoms with E-state index < -0.39 is 0 Å². The van der Waals surface area contributed by atoms with Crippen molar-refractivity contribution in [3.8, 4) is 0 Å². The Morgan fingerprint density at radius 3 is 0.929 bits per heavy atom. The zero-order chi connectivity index (χ0) is 11.0. The molecular formula is C10H20B4. The van der Waals surface area contributed by atoms with Crippen molar-refractivity contribution >= 4 is 28.7 Å². The first-order valence-electron chi connectivity index (χ1n) is 5.58. The lowest BCUT2D eigenvalue weighted by Gasteiger charge is -2.40. The standard InChI is InChI=1S/C10H20B4/c1-9(2,3)7-11-13-8(14-12-7)10(4,5)6/h7-8H,1-6H3. The van der Waals surface area contributed by atoms with Crippen LogP contribution in [0.25, 0.3) is 0 Å². The van der Waals surface area contributed by atoms with Crippen LogP contribution in [0.2, 0.25) is 11.4 Å². The van der Waals surface area contributed by atoms with E-state index in [2.05, 4.69) is 70.2 Å². The number of hydrogen-bond acceptors (Lipinski definition) is 0. The predicted molar refractivity (Wildman–Crippen MR) is 69.4 cm³/mol. The fraction of sp³-hybridized carbons (Fsp3) is 1.00. The Morgan fingerprint density at radius 1 is 0.571 bits per heavy atom. The Bertz CT molecular complexity index is 159. The molecule has 0 atom stereocenters. The summed E-state index contributed by atoms with van der Waals surface area (Å²) in [4.78, 5) is 0. The van der Waals surface area contributed by atoms with Crippen molar-refractivity contribution in [2.75, 3.05) is 0 Å². The van der Waals surface area contributed by atoms with Gasteiger partial charge in [-0.05, 0) is 0 Å². The van der Waals surface area contributed by atoms with Crippen molar-refractivity contribution in [1.82, 2.24) is 0 Å². The van der Waals surface area contributed by atoms with Crippen LogP contribution in [0.4, 0.5) is 0 Å². The summed E-state index contributed by atoms with van der Waals surface area (Å²) in [5.41, 5.74) is 1.91. The van der Waals surface area contributed by atoms with E-state index in [1.54, 1.807) is 0 Å². The largest absolute Gasteiger partial charge is 0.105 e. The molecule has 0 aromatic rings. The highest BCUT2D eigenvalue weighted by atomic mass is 14.2. The lowest BCUT2D eigenvalue weighted by atomic mass is 9.01. The average molecular weight is 184 g/mol. The van der Waals surface area contributed by atoms with Crippen LogP contribution in [0.3, 0.4) is 0 Å². The molecule has 1 aliphatic heterocycles. The van der Waals surface area contributed by atoms with Gasteiger partial charge in [-0.3, -0.25) is 0 Å². The van der Waals surface area contributed by atoms with Gasteiger partial charge in [-0.1, -0.05) is 52.4 Å². The number of rotatable bonds is 0. The first kappa shape index (κ1) is 12.3. The zero-order valence-electron chi connectivity index (χ0n) is 10.5. The van der Waals surface area contributed by atoms with Crippen molar-refractivity contribution in [2.45, 2.75) is 53.0 Å². The summed E-state index contributed by atoms with van der Waals surface area (Å²) in [6.45, 7) is 13.8. The molecule has 0 aromatic heterocycles. The third-order valence-electron chi connectivity index (χ3n) is 3.05. The van der Waals surface area contributed by atoms with E-state index in [9.17, 15) is 0 Å². The Morgan fingerprint density at radius 2 is 0.786 bits per heavy atom. The van der Waals surface area contributed by atoms with Crippen molar-refractivity contribution < 1.29 is 0 Å². The van der Waals surface area contributed by atoms with Crippen molar-refractivity contribution in [2.24, 2.45) is 10.8 Å². The molecule has 0 amide bonds. The van der Waals surface area contributed by atoms with E-state index in [0.29, 0.717) is 22.3 Å². The van der Waals surface area contributed by atoms with Gasteiger partial charge in [-0.2, -0.15) is 0 Å². The molecule has 72 valence electrons. The van der Waals surface area contributed by atoms with Gasteiger partial charge in [0.1, 0.15) is 0 Å². The van der Waals surface area contributed by atoms with Gasteiger partial charge in [0.15, 0.2) is 0 Å². The van der Waals surface area contributed by atoms with Gasteiger partial charge in [0, 0.05) is 0 Å². The third-order valence-corrected chi connectivity index (χ3v) is 3.05. The zero-order valence-corrected chi connectivity index (χ0v) is 10.5. The van der Waals surface area contributed by atoms with Crippen LogP contribution in [-0.2, 0) is 0 Å². The summed E-state index contributed by atoms with van der Waals surface area (Å²) in [6, 6.07) is 0. The molecule has 0 nitrogen and oxygen atoms in total. The normalized spacial score (nSPS) is 28.1. The molecule has 0 aliphatic carbocycles. The van der Waals surface area contributed by atoms with Gasteiger partial charge >= 0.3 is 0 Å². The molecule has 14 heavy (non-hydrogen) atoms. The smallest absolute Gasteiger partial charge is 0.0582 e. The average Bonchev–Trinajstić information content (AvgIpc) is 2.01. The topological polar surface area (TPSA) is 0 Å². The van der Waals surface area contributed by atoms with Crippen LogP contribution in [0.15, 0.2) is 0 Å². The van der Waals surface area contributed by atoms with Crippen LogP contribution in [0, 0.1) is 10.8 Å². The maximum absolute atomic E-state index is 2.37. The van der Waals surface area contributed by atoms with Crippen molar-refractivity contribution in [3.63, 3.8) is 0 Å². The Kier molecular flexibility index (Phi) is 3.54. The molecular weight excluding hydrogens is 163 g/mol. The molecule has 4 radical (unpaired) electrons.